The first-order valence-electron chi connectivity index (χ1n) is 4.53. The van der Waals surface area contributed by atoms with Crippen molar-refractivity contribution in [3.05, 3.63) is 35.7 Å². The van der Waals surface area contributed by atoms with Gasteiger partial charge in [-0.15, -0.1) is 0 Å². The van der Waals surface area contributed by atoms with Gasteiger partial charge < -0.3 is 10.2 Å². The van der Waals surface area contributed by atoms with Gasteiger partial charge in [0.05, 0.1) is 11.3 Å². The van der Waals surface area contributed by atoms with Crippen molar-refractivity contribution in [1.29, 1.82) is 0 Å². The Kier molecular flexibility index (Phi) is 2.32. The SMILES string of the molecule is Cc1cc(O)n(-c2ccc(C(=O)O)cn2)n1. The maximum atomic E-state index is 10.6. The lowest BCUT2D eigenvalue weighted by Crippen LogP contribution is -2.02. The summed E-state index contributed by atoms with van der Waals surface area (Å²) in [6.07, 6.45) is 1.22. The second-order valence-corrected chi connectivity index (χ2v) is 3.27. The molecule has 16 heavy (non-hydrogen) atoms. The minimum Gasteiger partial charge on any atom is -0.493 e. The van der Waals surface area contributed by atoms with Gasteiger partial charge in [0.2, 0.25) is 5.88 Å². The Labute approximate surface area is 90.8 Å². The zero-order chi connectivity index (χ0) is 11.7. The Morgan fingerprint density at radius 1 is 1.44 bits per heavy atom. The Balaban J connectivity index is 2.42. The number of aryl methyl sites for hydroxylation is 1. The molecule has 6 heteroatoms. The lowest BCUT2D eigenvalue weighted by Gasteiger charge is -2.01. The minimum absolute atomic E-state index is 0.0342. The van der Waals surface area contributed by atoms with E-state index in [-0.39, 0.29) is 11.4 Å². The molecule has 0 unspecified atom stereocenters. The van der Waals surface area contributed by atoms with Crippen LogP contribution < -0.4 is 0 Å². The zero-order valence-corrected chi connectivity index (χ0v) is 8.45. The third-order valence-electron chi connectivity index (χ3n) is 2.02. The van der Waals surface area contributed by atoms with Crippen molar-refractivity contribution in [2.45, 2.75) is 6.92 Å². The van der Waals surface area contributed by atoms with Crippen LogP contribution in [0.2, 0.25) is 0 Å². The number of nitrogens with zero attached hydrogens (tertiary/aromatic N) is 3. The van der Waals surface area contributed by atoms with Crippen molar-refractivity contribution in [3.63, 3.8) is 0 Å². The zero-order valence-electron chi connectivity index (χ0n) is 8.45. The van der Waals surface area contributed by atoms with E-state index in [0.717, 1.165) is 0 Å². The highest BCUT2D eigenvalue weighted by atomic mass is 16.4. The largest absolute Gasteiger partial charge is 0.493 e. The smallest absolute Gasteiger partial charge is 0.337 e. The van der Waals surface area contributed by atoms with Gasteiger partial charge in [0, 0.05) is 12.3 Å². The van der Waals surface area contributed by atoms with Gasteiger partial charge in [0.1, 0.15) is 0 Å². The summed E-state index contributed by atoms with van der Waals surface area (Å²) < 4.78 is 1.24. The van der Waals surface area contributed by atoms with Gasteiger partial charge in [-0.05, 0) is 19.1 Å². The summed E-state index contributed by atoms with van der Waals surface area (Å²) >= 11 is 0. The lowest BCUT2D eigenvalue weighted by atomic mass is 10.3. The topological polar surface area (TPSA) is 88.2 Å². The average molecular weight is 219 g/mol. The molecule has 0 amide bonds. The highest BCUT2D eigenvalue weighted by molar-refractivity contribution is 5.87. The summed E-state index contributed by atoms with van der Waals surface area (Å²) in [6.45, 7) is 1.74. The van der Waals surface area contributed by atoms with Gasteiger partial charge in [0.25, 0.3) is 0 Å². The van der Waals surface area contributed by atoms with E-state index in [4.69, 9.17) is 5.11 Å². The first-order valence-corrected chi connectivity index (χ1v) is 4.53. The maximum absolute atomic E-state index is 10.6. The second-order valence-electron chi connectivity index (χ2n) is 3.27. The highest BCUT2D eigenvalue weighted by Crippen LogP contribution is 2.15. The maximum Gasteiger partial charge on any atom is 0.337 e. The van der Waals surface area contributed by atoms with Crippen molar-refractivity contribution in [3.8, 4) is 11.7 Å². The number of carboxylic acid groups (broad SMARTS) is 1. The molecule has 0 aromatic carbocycles. The van der Waals surface area contributed by atoms with Crippen LogP contribution in [0, 0.1) is 6.92 Å². The summed E-state index contributed by atoms with van der Waals surface area (Å²) in [5.74, 6) is -0.705. The Morgan fingerprint density at radius 3 is 2.62 bits per heavy atom. The normalized spacial score (nSPS) is 10.3. The van der Waals surface area contributed by atoms with E-state index in [1.165, 1.54) is 29.1 Å². The Hall–Kier alpha value is -2.37. The van der Waals surface area contributed by atoms with Gasteiger partial charge in [-0.3, -0.25) is 0 Å². The van der Waals surface area contributed by atoms with Gasteiger partial charge in [-0.25, -0.2) is 9.78 Å². The molecule has 2 N–H and O–H groups in total. The molecule has 0 bridgehead atoms. The van der Waals surface area contributed by atoms with E-state index >= 15 is 0 Å². The summed E-state index contributed by atoms with van der Waals surface area (Å²) in [5.41, 5.74) is 0.744. The predicted molar refractivity (Wildman–Crippen MR) is 54.7 cm³/mol. The highest BCUT2D eigenvalue weighted by Gasteiger charge is 2.08. The van der Waals surface area contributed by atoms with Crippen LogP contribution in [0.3, 0.4) is 0 Å². The molecular weight excluding hydrogens is 210 g/mol. The fourth-order valence-electron chi connectivity index (χ4n) is 1.29. The second kappa shape index (κ2) is 3.65. The van der Waals surface area contributed by atoms with E-state index in [9.17, 15) is 9.90 Å². The Bertz CT molecular complexity index is 531. The molecule has 0 radical (unpaired) electrons. The van der Waals surface area contributed by atoms with Gasteiger partial charge >= 0.3 is 5.97 Å². The molecule has 0 fully saturated rings. The fraction of sp³-hybridized carbons (Fsp3) is 0.100. The van der Waals surface area contributed by atoms with Crippen LogP contribution in [0.15, 0.2) is 24.4 Å². The molecular formula is C10H9N3O3. The van der Waals surface area contributed by atoms with E-state index in [0.29, 0.717) is 11.5 Å². The van der Waals surface area contributed by atoms with Crippen LogP contribution in [0.25, 0.3) is 5.82 Å². The van der Waals surface area contributed by atoms with Gasteiger partial charge in [-0.2, -0.15) is 9.78 Å². The van der Waals surface area contributed by atoms with Crippen LogP contribution in [0.4, 0.5) is 0 Å². The summed E-state index contributed by atoms with van der Waals surface area (Å²) in [5, 5.41) is 22.2. The number of aromatic carboxylic acids is 1. The van der Waals surface area contributed by atoms with Gasteiger partial charge in [-0.1, -0.05) is 0 Å². The minimum atomic E-state index is -1.04. The lowest BCUT2D eigenvalue weighted by molar-refractivity contribution is 0.0696. The van der Waals surface area contributed by atoms with Gasteiger partial charge in [0.15, 0.2) is 5.82 Å². The fourth-order valence-corrected chi connectivity index (χ4v) is 1.29. The number of hydrogen-bond donors (Lipinski definition) is 2. The van der Waals surface area contributed by atoms with Crippen molar-refractivity contribution in [2.24, 2.45) is 0 Å². The third-order valence-corrected chi connectivity index (χ3v) is 2.02. The summed E-state index contributed by atoms with van der Waals surface area (Å²) in [7, 11) is 0. The van der Waals surface area contributed by atoms with E-state index in [1.54, 1.807) is 6.92 Å². The first kappa shape index (κ1) is 10.2. The van der Waals surface area contributed by atoms with Crippen molar-refractivity contribution >= 4 is 5.97 Å². The molecule has 0 saturated carbocycles. The standard InChI is InChI=1S/C10H9N3O3/c1-6-4-9(14)13(12-6)8-3-2-7(5-11-8)10(15)16/h2-5,14H,1H3,(H,15,16). The number of pyridine rings is 1. The molecule has 0 spiro atoms. The van der Waals surface area contributed by atoms with E-state index < -0.39 is 5.97 Å². The molecule has 0 aliphatic carbocycles. The quantitative estimate of drug-likeness (QED) is 0.785. The number of aromatic hydroxyl groups is 1. The molecule has 0 saturated heterocycles. The van der Waals surface area contributed by atoms with Crippen molar-refractivity contribution in [2.75, 3.05) is 0 Å². The van der Waals surface area contributed by atoms with E-state index in [2.05, 4.69) is 10.1 Å². The van der Waals surface area contributed by atoms with Crippen LogP contribution in [-0.4, -0.2) is 30.9 Å². The van der Waals surface area contributed by atoms with Crippen LogP contribution in [0.1, 0.15) is 16.1 Å². The number of carbonyl (C=O) groups is 1. The number of aromatic nitrogens is 3. The molecule has 0 atom stereocenters. The number of carboxylic acids is 1. The number of hydrogen-bond acceptors (Lipinski definition) is 4. The summed E-state index contributed by atoms with van der Waals surface area (Å²) in [6, 6.07) is 4.38. The molecule has 82 valence electrons. The molecule has 0 aliphatic rings. The first-order chi connectivity index (χ1) is 7.58. The molecule has 2 heterocycles. The van der Waals surface area contributed by atoms with Crippen LogP contribution in [0.5, 0.6) is 5.88 Å². The molecule has 0 aliphatic heterocycles. The monoisotopic (exact) mass is 219 g/mol. The van der Waals surface area contributed by atoms with E-state index in [1.807, 2.05) is 0 Å². The molecule has 2 aromatic heterocycles. The van der Waals surface area contributed by atoms with Crippen LogP contribution in [-0.2, 0) is 0 Å². The van der Waals surface area contributed by atoms with Crippen LogP contribution >= 0.6 is 0 Å². The van der Waals surface area contributed by atoms with Crippen molar-refractivity contribution < 1.29 is 15.0 Å². The molecule has 2 rings (SSSR count). The summed E-state index contributed by atoms with van der Waals surface area (Å²) in [4.78, 5) is 14.5. The average Bonchev–Trinajstić information content (AvgIpc) is 2.58. The predicted octanol–water partition coefficient (Wildman–Crippen LogP) is 0.980. The third kappa shape index (κ3) is 1.72. The molecule has 6 nitrogen and oxygen atoms in total. The molecule has 2 aromatic rings. The number of rotatable bonds is 2. The Morgan fingerprint density at radius 2 is 2.19 bits per heavy atom. The van der Waals surface area contributed by atoms with Crippen molar-refractivity contribution in [1.82, 2.24) is 14.8 Å².